The zero-order chi connectivity index (χ0) is 18.1. The van der Waals surface area contributed by atoms with Crippen LogP contribution in [0.3, 0.4) is 0 Å². The lowest BCUT2D eigenvalue weighted by Gasteiger charge is -2.23. The van der Waals surface area contributed by atoms with Gasteiger partial charge in [-0.05, 0) is 35.7 Å². The summed E-state index contributed by atoms with van der Waals surface area (Å²) in [7, 11) is 0. The lowest BCUT2D eigenvalue weighted by molar-refractivity contribution is -0.132. The standard InChI is InChI=1S/C18H24N2O3S2/c1-2-5-14(19-18(22)23)8-9-17(21)20(12-15-6-3-10-24-15)13-16-7-4-11-25-16/h3-4,6-7,10-11,14,19H,2,5,8-9,12-13H2,1H3,(H,22,23). The van der Waals surface area contributed by atoms with Crippen LogP contribution in [0.5, 0.6) is 0 Å². The fraction of sp³-hybridized carbons (Fsp3) is 0.444. The molecule has 2 N–H and O–H groups in total. The molecule has 136 valence electrons. The van der Waals surface area contributed by atoms with Gasteiger partial charge < -0.3 is 15.3 Å². The quantitative estimate of drug-likeness (QED) is 0.635. The summed E-state index contributed by atoms with van der Waals surface area (Å²) in [6, 6.07) is 7.87. The summed E-state index contributed by atoms with van der Waals surface area (Å²) in [6.07, 6.45) is 1.48. The average Bonchev–Trinajstić information content (AvgIpc) is 3.25. The van der Waals surface area contributed by atoms with Gasteiger partial charge in [-0.3, -0.25) is 4.79 Å². The molecule has 7 heteroatoms. The summed E-state index contributed by atoms with van der Waals surface area (Å²) < 4.78 is 0. The molecule has 0 spiro atoms. The number of carboxylic acid groups (broad SMARTS) is 1. The van der Waals surface area contributed by atoms with Crippen molar-refractivity contribution in [3.63, 3.8) is 0 Å². The van der Waals surface area contributed by atoms with Gasteiger partial charge in [-0.15, -0.1) is 22.7 Å². The van der Waals surface area contributed by atoms with Gasteiger partial charge in [-0.1, -0.05) is 25.5 Å². The highest BCUT2D eigenvalue weighted by atomic mass is 32.1. The van der Waals surface area contributed by atoms with Gasteiger partial charge in [0, 0.05) is 22.2 Å². The molecular weight excluding hydrogens is 356 g/mol. The monoisotopic (exact) mass is 380 g/mol. The Labute approximate surface area is 156 Å². The first-order valence-electron chi connectivity index (χ1n) is 8.40. The summed E-state index contributed by atoms with van der Waals surface area (Å²) >= 11 is 3.28. The predicted molar refractivity (Wildman–Crippen MR) is 102 cm³/mol. The molecule has 0 aromatic carbocycles. The van der Waals surface area contributed by atoms with Gasteiger partial charge in [-0.25, -0.2) is 4.79 Å². The van der Waals surface area contributed by atoms with Crippen molar-refractivity contribution in [1.29, 1.82) is 0 Å². The average molecular weight is 381 g/mol. The molecular formula is C18H24N2O3S2. The van der Waals surface area contributed by atoms with Crippen molar-refractivity contribution >= 4 is 34.7 Å². The van der Waals surface area contributed by atoms with E-state index < -0.39 is 6.09 Å². The largest absolute Gasteiger partial charge is 0.465 e. The van der Waals surface area contributed by atoms with E-state index in [9.17, 15) is 9.59 Å². The molecule has 1 atom stereocenters. The van der Waals surface area contributed by atoms with Crippen LogP contribution in [0.25, 0.3) is 0 Å². The Morgan fingerprint density at radius 2 is 1.72 bits per heavy atom. The van der Waals surface area contributed by atoms with Crippen LogP contribution in [0.15, 0.2) is 35.0 Å². The number of amides is 2. The molecule has 0 saturated heterocycles. The number of nitrogens with one attached hydrogen (secondary N) is 1. The van der Waals surface area contributed by atoms with Gasteiger partial charge in [0.25, 0.3) is 0 Å². The molecule has 2 aromatic heterocycles. The zero-order valence-corrected chi connectivity index (χ0v) is 15.9. The Morgan fingerprint density at radius 3 is 2.16 bits per heavy atom. The van der Waals surface area contributed by atoms with Gasteiger partial charge in [-0.2, -0.15) is 0 Å². The second kappa shape index (κ2) is 10.2. The van der Waals surface area contributed by atoms with Crippen LogP contribution >= 0.6 is 22.7 Å². The topological polar surface area (TPSA) is 69.6 Å². The lowest BCUT2D eigenvalue weighted by Crippen LogP contribution is -2.36. The maximum Gasteiger partial charge on any atom is 0.404 e. The molecule has 0 bridgehead atoms. The Morgan fingerprint density at radius 1 is 1.12 bits per heavy atom. The van der Waals surface area contributed by atoms with E-state index >= 15 is 0 Å². The van der Waals surface area contributed by atoms with E-state index in [1.165, 1.54) is 0 Å². The second-order valence-electron chi connectivity index (χ2n) is 5.88. The summed E-state index contributed by atoms with van der Waals surface area (Å²) in [5.74, 6) is 0.0649. The predicted octanol–water partition coefficient (Wildman–Crippen LogP) is 4.55. The van der Waals surface area contributed by atoms with Crippen molar-refractivity contribution in [2.24, 2.45) is 0 Å². The zero-order valence-electron chi connectivity index (χ0n) is 14.3. The minimum Gasteiger partial charge on any atom is -0.465 e. The van der Waals surface area contributed by atoms with Crippen LogP contribution in [-0.2, 0) is 17.9 Å². The van der Waals surface area contributed by atoms with Crippen molar-refractivity contribution in [3.8, 4) is 0 Å². The van der Waals surface area contributed by atoms with Crippen molar-refractivity contribution < 1.29 is 14.7 Å². The Hall–Kier alpha value is -1.86. The summed E-state index contributed by atoms with van der Waals surface area (Å²) in [4.78, 5) is 27.8. The number of rotatable bonds is 10. The molecule has 0 radical (unpaired) electrons. The normalized spacial score (nSPS) is 11.9. The Balaban J connectivity index is 1.97. The first-order chi connectivity index (χ1) is 12.1. The van der Waals surface area contributed by atoms with E-state index in [4.69, 9.17) is 5.11 Å². The first kappa shape index (κ1) is 19.5. The molecule has 0 aliphatic heterocycles. The van der Waals surface area contributed by atoms with E-state index in [0.717, 1.165) is 22.6 Å². The number of carbonyl (C=O) groups is 2. The van der Waals surface area contributed by atoms with Crippen LogP contribution in [0.1, 0.15) is 42.4 Å². The summed E-state index contributed by atoms with van der Waals surface area (Å²) in [6.45, 7) is 3.21. The lowest BCUT2D eigenvalue weighted by atomic mass is 10.1. The molecule has 0 aliphatic carbocycles. The maximum atomic E-state index is 12.8. The second-order valence-corrected chi connectivity index (χ2v) is 7.95. The van der Waals surface area contributed by atoms with E-state index in [2.05, 4.69) is 5.32 Å². The molecule has 2 aromatic rings. The number of thiophene rings is 2. The fourth-order valence-corrected chi connectivity index (χ4v) is 4.12. The van der Waals surface area contributed by atoms with E-state index in [1.54, 1.807) is 22.7 Å². The summed E-state index contributed by atoms with van der Waals surface area (Å²) in [5, 5.41) is 15.5. The molecule has 0 fully saturated rings. The number of carbonyl (C=O) groups excluding carboxylic acids is 1. The SMILES string of the molecule is CCCC(CCC(=O)N(Cc1cccs1)Cc1cccs1)NC(=O)O. The number of nitrogens with zero attached hydrogens (tertiary/aromatic N) is 1. The number of hydrogen-bond acceptors (Lipinski definition) is 4. The van der Waals surface area contributed by atoms with Crippen molar-refractivity contribution in [2.75, 3.05) is 0 Å². The minimum absolute atomic E-state index is 0.0649. The molecule has 2 rings (SSSR count). The van der Waals surface area contributed by atoms with Crippen LogP contribution in [0.2, 0.25) is 0 Å². The van der Waals surface area contributed by atoms with Crippen molar-refractivity contribution in [3.05, 3.63) is 44.8 Å². The third kappa shape index (κ3) is 6.88. The van der Waals surface area contributed by atoms with Gasteiger partial charge in [0.2, 0.25) is 5.91 Å². The van der Waals surface area contributed by atoms with E-state index in [1.807, 2.05) is 46.8 Å². The number of hydrogen-bond donors (Lipinski definition) is 2. The van der Waals surface area contributed by atoms with E-state index in [-0.39, 0.29) is 11.9 Å². The molecule has 25 heavy (non-hydrogen) atoms. The summed E-state index contributed by atoms with van der Waals surface area (Å²) in [5.41, 5.74) is 0. The van der Waals surface area contributed by atoms with Gasteiger partial charge in [0.15, 0.2) is 0 Å². The van der Waals surface area contributed by atoms with Crippen LogP contribution in [-0.4, -0.2) is 28.0 Å². The molecule has 2 amide bonds. The highest BCUT2D eigenvalue weighted by molar-refractivity contribution is 7.10. The molecule has 5 nitrogen and oxygen atoms in total. The highest BCUT2D eigenvalue weighted by Gasteiger charge is 2.18. The Bertz CT molecular complexity index is 605. The smallest absolute Gasteiger partial charge is 0.404 e. The molecule has 0 saturated carbocycles. The highest BCUT2D eigenvalue weighted by Crippen LogP contribution is 2.19. The minimum atomic E-state index is -1.03. The fourth-order valence-electron chi connectivity index (χ4n) is 2.68. The van der Waals surface area contributed by atoms with Crippen molar-refractivity contribution in [2.45, 2.75) is 51.7 Å². The van der Waals surface area contributed by atoms with Gasteiger partial charge >= 0.3 is 6.09 Å². The van der Waals surface area contributed by atoms with Crippen LogP contribution in [0, 0.1) is 0 Å². The third-order valence-corrected chi connectivity index (χ3v) is 5.60. The van der Waals surface area contributed by atoms with Crippen LogP contribution < -0.4 is 5.32 Å². The van der Waals surface area contributed by atoms with Crippen molar-refractivity contribution in [1.82, 2.24) is 10.2 Å². The maximum absolute atomic E-state index is 12.8. The van der Waals surface area contributed by atoms with Gasteiger partial charge in [0.1, 0.15) is 0 Å². The van der Waals surface area contributed by atoms with Crippen LogP contribution in [0.4, 0.5) is 4.79 Å². The molecule has 2 heterocycles. The first-order valence-corrected chi connectivity index (χ1v) is 10.2. The molecule has 0 aliphatic rings. The third-order valence-electron chi connectivity index (χ3n) is 3.88. The van der Waals surface area contributed by atoms with E-state index in [0.29, 0.717) is 25.9 Å². The van der Waals surface area contributed by atoms with Gasteiger partial charge in [0.05, 0.1) is 13.1 Å². The molecule has 1 unspecified atom stereocenters. The Kier molecular flexibility index (Phi) is 7.94.